The molecular weight excluding hydrogens is 320 g/mol. The molecule has 0 unspecified atom stereocenters. The van der Waals surface area contributed by atoms with Gasteiger partial charge < -0.3 is 4.43 Å². The molecule has 3 aromatic rings. The molecule has 0 aliphatic carbocycles. The van der Waals surface area contributed by atoms with Crippen molar-refractivity contribution in [2.24, 2.45) is 0 Å². The minimum atomic E-state index is -1.58. The maximum absolute atomic E-state index is 6.33. The summed E-state index contributed by atoms with van der Waals surface area (Å²) >= 11 is 0. The number of hydrogen-bond donors (Lipinski definition) is 0. The van der Waals surface area contributed by atoms with Gasteiger partial charge in [-0.25, -0.2) is 0 Å². The molecule has 130 valence electrons. The van der Waals surface area contributed by atoms with Crippen molar-refractivity contribution in [2.75, 3.05) is 6.61 Å². The Morgan fingerprint density at radius 2 is 1.52 bits per heavy atom. The van der Waals surface area contributed by atoms with Crippen LogP contribution in [0.4, 0.5) is 0 Å². The van der Waals surface area contributed by atoms with Crippen LogP contribution in [0, 0.1) is 0 Å². The van der Waals surface area contributed by atoms with Gasteiger partial charge in [0.15, 0.2) is 8.32 Å². The zero-order valence-corrected chi connectivity index (χ0v) is 16.8. The van der Waals surface area contributed by atoms with Gasteiger partial charge in [0, 0.05) is 6.61 Å². The van der Waals surface area contributed by atoms with Gasteiger partial charge in [-0.3, -0.25) is 0 Å². The maximum atomic E-state index is 6.33. The van der Waals surface area contributed by atoms with E-state index in [2.05, 4.69) is 93.7 Å². The van der Waals surface area contributed by atoms with Crippen LogP contribution in [0.2, 0.25) is 18.6 Å². The molecule has 0 saturated heterocycles. The Labute approximate surface area is 152 Å². The highest BCUT2D eigenvalue weighted by Gasteiger charge is 2.26. The Morgan fingerprint density at radius 3 is 2.20 bits per heavy atom. The molecule has 0 radical (unpaired) electrons. The van der Waals surface area contributed by atoms with E-state index in [1.165, 1.54) is 27.5 Å². The lowest BCUT2D eigenvalue weighted by Gasteiger charge is -2.27. The van der Waals surface area contributed by atoms with Gasteiger partial charge in [0.2, 0.25) is 0 Å². The Hall–Kier alpha value is -1.90. The molecule has 0 bridgehead atoms. The third kappa shape index (κ3) is 4.02. The van der Waals surface area contributed by atoms with Gasteiger partial charge in [-0.05, 0) is 52.5 Å². The summed E-state index contributed by atoms with van der Waals surface area (Å²) in [5.41, 5.74) is 4.61. The zero-order valence-electron chi connectivity index (χ0n) is 15.8. The largest absolute Gasteiger partial charge is 0.417 e. The Kier molecular flexibility index (Phi) is 5.41. The fraction of sp³-hybridized carbons (Fsp3) is 0.304. The van der Waals surface area contributed by atoms with E-state index in [4.69, 9.17) is 4.43 Å². The van der Waals surface area contributed by atoms with Crippen LogP contribution in [0.25, 0.3) is 21.9 Å². The van der Waals surface area contributed by atoms with Gasteiger partial charge in [-0.15, -0.1) is 0 Å². The van der Waals surface area contributed by atoms with Crippen LogP contribution in [-0.2, 0) is 10.8 Å². The first-order valence-corrected chi connectivity index (χ1v) is 12.2. The molecule has 0 N–H and O–H groups in total. The summed E-state index contributed by atoms with van der Waals surface area (Å²) < 4.78 is 6.33. The smallest absolute Gasteiger partial charge is 0.189 e. The zero-order chi connectivity index (χ0) is 17.9. The maximum Gasteiger partial charge on any atom is 0.189 e. The molecular formula is C23H28OSi. The average molecular weight is 349 g/mol. The minimum Gasteiger partial charge on any atom is -0.417 e. The van der Waals surface area contributed by atoms with Crippen molar-refractivity contribution in [3.8, 4) is 11.1 Å². The molecule has 0 heterocycles. The summed E-state index contributed by atoms with van der Waals surface area (Å²) in [5.74, 6) is 0. The van der Waals surface area contributed by atoms with Gasteiger partial charge in [-0.2, -0.15) is 0 Å². The fourth-order valence-electron chi connectivity index (χ4n) is 3.08. The fourth-order valence-corrected chi connectivity index (χ4v) is 4.04. The first kappa shape index (κ1) is 17.9. The molecule has 0 amide bonds. The van der Waals surface area contributed by atoms with E-state index >= 15 is 0 Å². The van der Waals surface area contributed by atoms with Crippen LogP contribution < -0.4 is 0 Å². The van der Waals surface area contributed by atoms with Crippen molar-refractivity contribution in [1.82, 2.24) is 0 Å². The Morgan fingerprint density at radius 1 is 0.840 bits per heavy atom. The lowest BCUT2D eigenvalue weighted by Crippen LogP contribution is -2.34. The van der Waals surface area contributed by atoms with Gasteiger partial charge in [0.25, 0.3) is 0 Å². The van der Waals surface area contributed by atoms with Crippen LogP contribution in [0.3, 0.4) is 0 Å². The second-order valence-electron chi connectivity index (χ2n) is 7.54. The molecule has 2 heteroatoms. The van der Waals surface area contributed by atoms with Crippen LogP contribution in [-0.4, -0.2) is 14.9 Å². The molecule has 0 aliphatic rings. The summed E-state index contributed by atoms with van der Waals surface area (Å²) in [5, 5.41) is 2.67. The van der Waals surface area contributed by atoms with Gasteiger partial charge in [0.1, 0.15) is 0 Å². The highest BCUT2D eigenvalue weighted by Crippen LogP contribution is 2.32. The summed E-state index contributed by atoms with van der Waals surface area (Å²) in [6, 6.07) is 23.9. The topological polar surface area (TPSA) is 9.23 Å². The third-order valence-electron chi connectivity index (χ3n) is 5.31. The van der Waals surface area contributed by atoms with E-state index < -0.39 is 8.32 Å². The number of benzene rings is 3. The normalized spacial score (nSPS) is 12.0. The molecule has 0 saturated carbocycles. The number of hydrogen-bond acceptors (Lipinski definition) is 1. The first-order chi connectivity index (χ1) is 12.0. The minimum absolute atomic E-state index is 0.639. The predicted molar refractivity (Wildman–Crippen MR) is 112 cm³/mol. The highest BCUT2D eigenvalue weighted by atomic mass is 28.4. The first-order valence-electron chi connectivity index (χ1n) is 9.19. The summed E-state index contributed by atoms with van der Waals surface area (Å²) in [4.78, 5) is 0. The standard InChI is InChI=1S/C23H28OSi/c1-18(2)25(3,4)24-17-16-21-13-8-12-20-14-9-15-22(23(20)21)19-10-6-5-7-11-19/h5-15,18H,16-17H2,1-4H3. The third-order valence-corrected chi connectivity index (χ3v) is 9.04. The monoisotopic (exact) mass is 348 g/mol. The van der Waals surface area contributed by atoms with Crippen molar-refractivity contribution in [2.45, 2.75) is 38.9 Å². The molecule has 0 fully saturated rings. The van der Waals surface area contributed by atoms with Crippen molar-refractivity contribution >= 4 is 19.1 Å². The van der Waals surface area contributed by atoms with Crippen LogP contribution in [0.5, 0.6) is 0 Å². The van der Waals surface area contributed by atoms with Crippen molar-refractivity contribution in [3.05, 3.63) is 72.3 Å². The summed E-state index contributed by atoms with van der Waals surface area (Å²) in [6.45, 7) is 9.99. The molecule has 3 rings (SSSR count). The van der Waals surface area contributed by atoms with E-state index in [9.17, 15) is 0 Å². The Balaban J connectivity index is 1.94. The SMILES string of the molecule is CC(C)[Si](C)(C)OCCc1cccc2cccc(-c3ccccc3)c12. The lowest BCUT2D eigenvalue weighted by molar-refractivity contribution is 0.305. The second kappa shape index (κ2) is 7.55. The molecule has 0 spiro atoms. The lowest BCUT2D eigenvalue weighted by atomic mass is 9.93. The molecule has 0 aliphatic heterocycles. The second-order valence-corrected chi connectivity index (χ2v) is 12.2. The van der Waals surface area contributed by atoms with Crippen molar-refractivity contribution in [3.63, 3.8) is 0 Å². The molecule has 1 nitrogen and oxygen atoms in total. The van der Waals surface area contributed by atoms with Gasteiger partial charge >= 0.3 is 0 Å². The van der Waals surface area contributed by atoms with E-state index in [-0.39, 0.29) is 0 Å². The van der Waals surface area contributed by atoms with E-state index in [0.717, 1.165) is 13.0 Å². The van der Waals surface area contributed by atoms with Crippen LogP contribution in [0.15, 0.2) is 66.7 Å². The van der Waals surface area contributed by atoms with Crippen molar-refractivity contribution < 1.29 is 4.43 Å². The number of fused-ring (bicyclic) bond motifs is 1. The quantitative estimate of drug-likeness (QED) is 0.451. The Bertz CT molecular complexity index is 832. The van der Waals surface area contributed by atoms with E-state index in [1.54, 1.807) is 0 Å². The van der Waals surface area contributed by atoms with Gasteiger partial charge in [-0.1, -0.05) is 80.6 Å². The van der Waals surface area contributed by atoms with Crippen molar-refractivity contribution in [1.29, 1.82) is 0 Å². The van der Waals surface area contributed by atoms with Crippen LogP contribution in [0.1, 0.15) is 19.4 Å². The molecule has 0 atom stereocenters. The summed E-state index contributed by atoms with van der Waals surface area (Å²) in [6.07, 6.45) is 0.963. The van der Waals surface area contributed by atoms with E-state index in [0.29, 0.717) is 5.54 Å². The summed E-state index contributed by atoms with van der Waals surface area (Å²) in [7, 11) is -1.58. The number of rotatable bonds is 6. The predicted octanol–water partition coefficient (Wildman–Crippen LogP) is 6.68. The van der Waals surface area contributed by atoms with Crippen LogP contribution >= 0.6 is 0 Å². The van der Waals surface area contributed by atoms with E-state index in [1.807, 2.05) is 0 Å². The molecule has 0 aromatic heterocycles. The molecule has 25 heavy (non-hydrogen) atoms. The average Bonchev–Trinajstić information content (AvgIpc) is 2.62. The van der Waals surface area contributed by atoms with Gasteiger partial charge in [0.05, 0.1) is 0 Å². The molecule has 3 aromatic carbocycles. The highest BCUT2D eigenvalue weighted by molar-refractivity contribution is 6.72.